The Kier molecular flexibility index (Phi) is 6.60. The molecule has 1 rings (SSSR count). The van der Waals surface area contributed by atoms with Crippen molar-refractivity contribution in [2.24, 2.45) is 0 Å². The minimum absolute atomic E-state index is 0. The first kappa shape index (κ1) is 13.5. The monoisotopic (exact) mass is 212 g/mol. The van der Waals surface area contributed by atoms with Crippen molar-refractivity contribution >= 4 is 0 Å². The van der Waals surface area contributed by atoms with Crippen LogP contribution in [0.5, 0.6) is 0 Å². The Morgan fingerprint density at radius 1 is 1.29 bits per heavy atom. The Morgan fingerprint density at radius 3 is 2.50 bits per heavy atom. The number of halogens is 1. The molecule has 80 valence electrons. The molecule has 0 aliphatic heterocycles. The summed E-state index contributed by atoms with van der Waals surface area (Å²) in [5, 5.41) is 3.49. The van der Waals surface area contributed by atoms with Gasteiger partial charge in [-0.15, -0.1) is 0 Å². The van der Waals surface area contributed by atoms with E-state index in [1.165, 1.54) is 17.5 Å². The SMILES string of the molecule is CCC(C)NCc1ccccc1C.[Cl-]. The molecule has 0 aromatic heterocycles. The lowest BCUT2D eigenvalue weighted by molar-refractivity contribution is -0.00000298. The van der Waals surface area contributed by atoms with Crippen molar-refractivity contribution in [3.63, 3.8) is 0 Å². The zero-order chi connectivity index (χ0) is 9.68. The fourth-order valence-electron chi connectivity index (χ4n) is 1.24. The molecule has 0 fully saturated rings. The van der Waals surface area contributed by atoms with E-state index in [4.69, 9.17) is 0 Å². The van der Waals surface area contributed by atoms with E-state index in [9.17, 15) is 0 Å². The fraction of sp³-hybridized carbons (Fsp3) is 0.500. The van der Waals surface area contributed by atoms with E-state index in [2.05, 4.69) is 50.4 Å². The second-order valence-corrected chi connectivity index (χ2v) is 3.62. The van der Waals surface area contributed by atoms with Crippen LogP contribution in [-0.2, 0) is 6.54 Å². The van der Waals surface area contributed by atoms with E-state index >= 15 is 0 Å². The van der Waals surface area contributed by atoms with Crippen LogP contribution in [0.3, 0.4) is 0 Å². The first-order chi connectivity index (χ1) is 6.24. The Hall–Kier alpha value is -0.530. The number of hydrogen-bond donors (Lipinski definition) is 1. The molecule has 0 saturated carbocycles. The third-order valence-corrected chi connectivity index (χ3v) is 2.51. The second kappa shape index (κ2) is 6.86. The van der Waals surface area contributed by atoms with Crippen molar-refractivity contribution in [1.82, 2.24) is 5.32 Å². The molecule has 0 saturated heterocycles. The molecule has 0 aliphatic carbocycles. The van der Waals surface area contributed by atoms with Gasteiger partial charge in [0.05, 0.1) is 0 Å². The smallest absolute Gasteiger partial charge is 0.0210 e. The second-order valence-electron chi connectivity index (χ2n) is 3.62. The Labute approximate surface area is 93.3 Å². The van der Waals surface area contributed by atoms with Crippen LogP contribution in [0.2, 0.25) is 0 Å². The predicted octanol–water partition coefficient (Wildman–Crippen LogP) is -0.113. The maximum absolute atomic E-state index is 3.49. The number of benzene rings is 1. The van der Waals surface area contributed by atoms with Crippen molar-refractivity contribution in [3.8, 4) is 0 Å². The third kappa shape index (κ3) is 4.12. The molecule has 0 heterocycles. The van der Waals surface area contributed by atoms with E-state index in [1.807, 2.05) is 0 Å². The number of rotatable bonds is 4. The minimum Gasteiger partial charge on any atom is -1.00 e. The molecule has 1 N–H and O–H groups in total. The van der Waals surface area contributed by atoms with Gasteiger partial charge in [-0.2, -0.15) is 0 Å². The van der Waals surface area contributed by atoms with Crippen molar-refractivity contribution < 1.29 is 12.4 Å². The zero-order valence-electron chi connectivity index (χ0n) is 9.18. The lowest BCUT2D eigenvalue weighted by Gasteiger charge is -2.12. The van der Waals surface area contributed by atoms with Crippen molar-refractivity contribution in [2.45, 2.75) is 39.8 Å². The van der Waals surface area contributed by atoms with Crippen LogP contribution in [0.15, 0.2) is 24.3 Å². The third-order valence-electron chi connectivity index (χ3n) is 2.51. The molecule has 0 radical (unpaired) electrons. The van der Waals surface area contributed by atoms with Gasteiger partial charge in [0.25, 0.3) is 0 Å². The van der Waals surface area contributed by atoms with Gasteiger partial charge in [-0.3, -0.25) is 0 Å². The van der Waals surface area contributed by atoms with Crippen LogP contribution >= 0.6 is 0 Å². The highest BCUT2D eigenvalue weighted by Crippen LogP contribution is 2.06. The molecule has 0 bridgehead atoms. The topological polar surface area (TPSA) is 12.0 Å². The number of nitrogens with one attached hydrogen (secondary N) is 1. The molecule has 1 aromatic rings. The van der Waals surface area contributed by atoms with Gasteiger partial charge in [0.1, 0.15) is 0 Å². The molecule has 14 heavy (non-hydrogen) atoms. The van der Waals surface area contributed by atoms with Gasteiger partial charge in [-0.1, -0.05) is 31.2 Å². The summed E-state index contributed by atoms with van der Waals surface area (Å²) in [6, 6.07) is 9.14. The first-order valence-corrected chi connectivity index (χ1v) is 5.02. The lowest BCUT2D eigenvalue weighted by Crippen LogP contribution is -3.00. The Morgan fingerprint density at radius 2 is 1.93 bits per heavy atom. The van der Waals surface area contributed by atoms with Crippen LogP contribution in [0.4, 0.5) is 0 Å². The largest absolute Gasteiger partial charge is 1.00 e. The van der Waals surface area contributed by atoms with Crippen LogP contribution < -0.4 is 17.7 Å². The summed E-state index contributed by atoms with van der Waals surface area (Å²) in [5.41, 5.74) is 2.78. The van der Waals surface area contributed by atoms with Crippen molar-refractivity contribution in [1.29, 1.82) is 0 Å². The van der Waals surface area contributed by atoms with Crippen molar-refractivity contribution in [2.75, 3.05) is 0 Å². The summed E-state index contributed by atoms with van der Waals surface area (Å²) in [5.74, 6) is 0. The van der Waals surface area contributed by atoms with Crippen molar-refractivity contribution in [3.05, 3.63) is 35.4 Å². The highest BCUT2D eigenvalue weighted by molar-refractivity contribution is 5.25. The summed E-state index contributed by atoms with van der Waals surface area (Å²) in [4.78, 5) is 0. The maximum atomic E-state index is 3.49. The Balaban J connectivity index is 0.00000169. The van der Waals surface area contributed by atoms with E-state index < -0.39 is 0 Å². The van der Waals surface area contributed by atoms with Gasteiger partial charge in [-0.05, 0) is 31.4 Å². The van der Waals surface area contributed by atoms with Gasteiger partial charge in [0.15, 0.2) is 0 Å². The van der Waals surface area contributed by atoms with Crippen LogP contribution in [0.1, 0.15) is 31.4 Å². The van der Waals surface area contributed by atoms with Gasteiger partial charge in [-0.25, -0.2) is 0 Å². The summed E-state index contributed by atoms with van der Waals surface area (Å²) in [7, 11) is 0. The summed E-state index contributed by atoms with van der Waals surface area (Å²) >= 11 is 0. The number of aryl methyl sites for hydroxylation is 1. The molecule has 0 spiro atoms. The van der Waals surface area contributed by atoms with E-state index in [0.29, 0.717) is 6.04 Å². The highest BCUT2D eigenvalue weighted by Gasteiger charge is 1.99. The zero-order valence-corrected chi connectivity index (χ0v) is 9.93. The summed E-state index contributed by atoms with van der Waals surface area (Å²) < 4.78 is 0. The Bertz CT molecular complexity index is 260. The average Bonchev–Trinajstić information content (AvgIpc) is 2.16. The van der Waals surface area contributed by atoms with E-state index in [-0.39, 0.29) is 12.4 Å². The molecule has 2 heteroatoms. The molecule has 1 nitrogen and oxygen atoms in total. The quantitative estimate of drug-likeness (QED) is 0.735. The van der Waals surface area contributed by atoms with Gasteiger partial charge < -0.3 is 17.7 Å². The molecular formula is C12H19ClN-. The molecule has 1 aromatic carbocycles. The minimum atomic E-state index is 0. The maximum Gasteiger partial charge on any atom is 0.0210 e. The molecule has 1 atom stereocenters. The lowest BCUT2D eigenvalue weighted by atomic mass is 10.1. The number of hydrogen-bond acceptors (Lipinski definition) is 1. The van der Waals surface area contributed by atoms with Gasteiger partial charge in [0.2, 0.25) is 0 Å². The van der Waals surface area contributed by atoms with Crippen LogP contribution in [0, 0.1) is 6.92 Å². The normalized spacial score (nSPS) is 11.9. The van der Waals surface area contributed by atoms with Gasteiger partial charge >= 0.3 is 0 Å². The average molecular weight is 213 g/mol. The van der Waals surface area contributed by atoms with E-state index in [1.54, 1.807) is 0 Å². The standard InChI is InChI=1S/C12H19N.ClH/c1-4-11(3)13-9-12-8-6-5-7-10(12)2;/h5-8,11,13H,4,9H2,1-3H3;1H/p-1. The summed E-state index contributed by atoms with van der Waals surface area (Å²) in [6.07, 6.45) is 1.19. The van der Waals surface area contributed by atoms with Gasteiger partial charge in [0, 0.05) is 12.6 Å². The predicted molar refractivity (Wildman–Crippen MR) is 57.8 cm³/mol. The fourth-order valence-corrected chi connectivity index (χ4v) is 1.24. The van der Waals surface area contributed by atoms with Crippen LogP contribution in [0.25, 0.3) is 0 Å². The first-order valence-electron chi connectivity index (χ1n) is 5.02. The molecule has 0 aliphatic rings. The highest BCUT2D eigenvalue weighted by atomic mass is 35.5. The van der Waals surface area contributed by atoms with Crippen LogP contribution in [-0.4, -0.2) is 6.04 Å². The molecule has 1 unspecified atom stereocenters. The van der Waals surface area contributed by atoms with E-state index in [0.717, 1.165) is 6.54 Å². The molecular weight excluding hydrogens is 194 g/mol. The summed E-state index contributed by atoms with van der Waals surface area (Å²) in [6.45, 7) is 7.57. The molecule has 0 amide bonds.